The van der Waals surface area contributed by atoms with E-state index in [0.717, 1.165) is 16.8 Å². The maximum atomic E-state index is 12.8. The first-order valence-electron chi connectivity index (χ1n) is 8.52. The molecule has 0 unspecified atom stereocenters. The number of hydrazone groups is 1. The summed E-state index contributed by atoms with van der Waals surface area (Å²) in [4.78, 5) is 12.8. The Balaban J connectivity index is 1.91. The minimum Gasteiger partial charge on any atom is -0.493 e. The smallest absolute Gasteiger partial charge is 0.280 e. The van der Waals surface area contributed by atoms with E-state index in [9.17, 15) is 4.79 Å². The lowest BCUT2D eigenvalue weighted by molar-refractivity contribution is -0.114. The Morgan fingerprint density at radius 3 is 2.46 bits per heavy atom. The van der Waals surface area contributed by atoms with E-state index in [1.54, 1.807) is 7.11 Å². The molecule has 0 aromatic heterocycles. The molecule has 134 valence electrons. The highest BCUT2D eigenvalue weighted by Gasteiger charge is 2.28. The van der Waals surface area contributed by atoms with E-state index in [1.807, 2.05) is 69.3 Å². The number of rotatable bonds is 5. The lowest BCUT2D eigenvalue weighted by Crippen LogP contribution is -2.21. The molecule has 3 rings (SSSR count). The number of ether oxygens (including phenoxy) is 2. The maximum Gasteiger partial charge on any atom is 0.280 e. The topological polar surface area (TPSA) is 51.1 Å². The van der Waals surface area contributed by atoms with Crippen LogP contribution < -0.4 is 14.5 Å². The summed E-state index contributed by atoms with van der Waals surface area (Å²) in [7, 11) is 1.60. The molecule has 5 nitrogen and oxygen atoms in total. The third kappa shape index (κ3) is 3.47. The van der Waals surface area contributed by atoms with Crippen molar-refractivity contribution < 1.29 is 14.3 Å². The molecule has 0 atom stereocenters. The van der Waals surface area contributed by atoms with Crippen LogP contribution >= 0.6 is 0 Å². The zero-order chi connectivity index (χ0) is 18.7. The number of carbonyl (C=O) groups is 1. The number of methoxy groups -OCH3 is 1. The van der Waals surface area contributed by atoms with Gasteiger partial charge in [-0.3, -0.25) is 4.79 Å². The van der Waals surface area contributed by atoms with Crippen molar-refractivity contribution in [1.82, 2.24) is 0 Å². The van der Waals surface area contributed by atoms with Crippen LogP contribution in [0.2, 0.25) is 0 Å². The number of nitrogens with zero attached hydrogens (tertiary/aromatic N) is 2. The quantitative estimate of drug-likeness (QED) is 0.759. The number of benzene rings is 2. The van der Waals surface area contributed by atoms with E-state index < -0.39 is 0 Å². The van der Waals surface area contributed by atoms with Crippen LogP contribution in [-0.2, 0) is 4.79 Å². The van der Waals surface area contributed by atoms with Gasteiger partial charge >= 0.3 is 0 Å². The number of amides is 1. The van der Waals surface area contributed by atoms with Gasteiger partial charge in [0.25, 0.3) is 5.91 Å². The highest BCUT2D eigenvalue weighted by molar-refractivity contribution is 6.32. The summed E-state index contributed by atoms with van der Waals surface area (Å²) >= 11 is 0. The molecule has 0 saturated carbocycles. The van der Waals surface area contributed by atoms with Crippen LogP contribution in [0.15, 0.2) is 53.1 Å². The Labute approximate surface area is 153 Å². The van der Waals surface area contributed by atoms with E-state index in [0.29, 0.717) is 29.4 Å². The van der Waals surface area contributed by atoms with Gasteiger partial charge in [-0.25, -0.2) is 0 Å². The molecule has 26 heavy (non-hydrogen) atoms. The second-order valence-electron chi connectivity index (χ2n) is 6.04. The molecule has 0 bridgehead atoms. The molecule has 2 aromatic rings. The second kappa shape index (κ2) is 7.44. The summed E-state index contributed by atoms with van der Waals surface area (Å²) < 4.78 is 10.9. The molecule has 1 amide bonds. The molecule has 0 fully saturated rings. The van der Waals surface area contributed by atoms with Crippen molar-refractivity contribution >= 4 is 23.4 Å². The Bertz CT molecular complexity index is 883. The largest absolute Gasteiger partial charge is 0.493 e. The first-order valence-corrected chi connectivity index (χ1v) is 8.52. The summed E-state index contributed by atoms with van der Waals surface area (Å²) in [5.41, 5.74) is 4.00. The van der Waals surface area contributed by atoms with Crippen LogP contribution in [0.3, 0.4) is 0 Å². The predicted molar refractivity (Wildman–Crippen MR) is 104 cm³/mol. The number of carbonyl (C=O) groups excluding carboxylic acids is 1. The van der Waals surface area contributed by atoms with Gasteiger partial charge in [-0.1, -0.05) is 23.8 Å². The van der Waals surface area contributed by atoms with Crippen molar-refractivity contribution in [3.63, 3.8) is 0 Å². The Hall–Kier alpha value is -3.08. The lowest BCUT2D eigenvalue weighted by atomic mass is 10.1. The van der Waals surface area contributed by atoms with Crippen LogP contribution in [-0.4, -0.2) is 25.3 Å². The molecule has 1 aliphatic rings. The predicted octanol–water partition coefficient (Wildman–Crippen LogP) is 4.21. The molecule has 0 N–H and O–H groups in total. The Morgan fingerprint density at radius 1 is 1.08 bits per heavy atom. The van der Waals surface area contributed by atoms with Gasteiger partial charge in [0.2, 0.25) is 0 Å². The Kier molecular flexibility index (Phi) is 5.07. The molecule has 5 heteroatoms. The van der Waals surface area contributed by atoms with Crippen LogP contribution in [0.4, 0.5) is 5.69 Å². The van der Waals surface area contributed by atoms with Crippen LogP contribution in [0.25, 0.3) is 6.08 Å². The van der Waals surface area contributed by atoms with Crippen molar-refractivity contribution in [2.45, 2.75) is 20.8 Å². The highest BCUT2D eigenvalue weighted by atomic mass is 16.5. The van der Waals surface area contributed by atoms with Gasteiger partial charge in [-0.05, 0) is 56.7 Å². The fourth-order valence-corrected chi connectivity index (χ4v) is 2.76. The summed E-state index contributed by atoms with van der Waals surface area (Å²) in [6.45, 7) is 6.33. The molecule has 0 radical (unpaired) electrons. The lowest BCUT2D eigenvalue weighted by Gasteiger charge is -2.12. The van der Waals surface area contributed by atoms with Gasteiger partial charge in [-0.2, -0.15) is 10.1 Å². The van der Waals surface area contributed by atoms with Gasteiger partial charge in [0.05, 0.1) is 30.7 Å². The summed E-state index contributed by atoms with van der Waals surface area (Å²) in [6.07, 6.45) is 1.83. The van der Waals surface area contributed by atoms with Crippen molar-refractivity contribution in [2.24, 2.45) is 5.10 Å². The standard InChI is InChI=1S/C21H22N2O3/c1-5-26-19-11-8-16(13-20(19)25-4)12-18-15(3)22-23(21(18)24)17-9-6-14(2)7-10-17/h6-13H,5H2,1-4H3/b18-12-. The van der Waals surface area contributed by atoms with Crippen molar-refractivity contribution in [3.8, 4) is 11.5 Å². The fraction of sp³-hybridized carbons (Fsp3) is 0.238. The van der Waals surface area contributed by atoms with E-state index >= 15 is 0 Å². The van der Waals surface area contributed by atoms with Crippen LogP contribution in [0.5, 0.6) is 11.5 Å². The SMILES string of the molecule is CCOc1ccc(/C=C2\C(=O)N(c3ccc(C)cc3)N=C2C)cc1OC. The highest BCUT2D eigenvalue weighted by Crippen LogP contribution is 2.30. The van der Waals surface area contributed by atoms with Gasteiger partial charge in [0.1, 0.15) is 0 Å². The molecule has 2 aromatic carbocycles. The summed E-state index contributed by atoms with van der Waals surface area (Å²) in [5.74, 6) is 1.18. The molecule has 0 spiro atoms. The van der Waals surface area contributed by atoms with Crippen LogP contribution in [0, 0.1) is 6.92 Å². The minimum atomic E-state index is -0.140. The molecule has 1 aliphatic heterocycles. The van der Waals surface area contributed by atoms with Gasteiger partial charge in [-0.15, -0.1) is 0 Å². The summed E-state index contributed by atoms with van der Waals surface area (Å²) in [5, 5.41) is 5.85. The number of hydrogen-bond acceptors (Lipinski definition) is 4. The average molecular weight is 350 g/mol. The van der Waals surface area contributed by atoms with Gasteiger partial charge in [0, 0.05) is 0 Å². The number of hydrogen-bond donors (Lipinski definition) is 0. The molecular formula is C21H22N2O3. The Morgan fingerprint density at radius 2 is 1.81 bits per heavy atom. The van der Waals surface area contributed by atoms with Gasteiger partial charge < -0.3 is 9.47 Å². The zero-order valence-electron chi connectivity index (χ0n) is 15.4. The van der Waals surface area contributed by atoms with Crippen LogP contribution in [0.1, 0.15) is 25.0 Å². The number of anilines is 1. The molecule has 1 heterocycles. The fourth-order valence-electron chi connectivity index (χ4n) is 2.76. The van der Waals surface area contributed by atoms with E-state index in [2.05, 4.69) is 5.10 Å². The van der Waals surface area contributed by atoms with Crippen molar-refractivity contribution in [2.75, 3.05) is 18.7 Å². The van der Waals surface area contributed by atoms with Crippen molar-refractivity contribution in [3.05, 3.63) is 59.2 Å². The normalized spacial score (nSPS) is 15.4. The summed E-state index contributed by atoms with van der Waals surface area (Å²) in [6, 6.07) is 13.3. The average Bonchev–Trinajstić information content (AvgIpc) is 2.92. The van der Waals surface area contributed by atoms with E-state index in [4.69, 9.17) is 9.47 Å². The molecule has 0 saturated heterocycles. The van der Waals surface area contributed by atoms with E-state index in [1.165, 1.54) is 5.01 Å². The second-order valence-corrected chi connectivity index (χ2v) is 6.04. The zero-order valence-corrected chi connectivity index (χ0v) is 15.4. The molecule has 0 aliphatic carbocycles. The third-order valence-electron chi connectivity index (χ3n) is 4.14. The third-order valence-corrected chi connectivity index (χ3v) is 4.14. The van der Waals surface area contributed by atoms with Gasteiger partial charge in [0.15, 0.2) is 11.5 Å². The van der Waals surface area contributed by atoms with Crippen molar-refractivity contribution in [1.29, 1.82) is 0 Å². The minimum absolute atomic E-state index is 0.140. The maximum absolute atomic E-state index is 12.8. The monoisotopic (exact) mass is 350 g/mol. The first-order chi connectivity index (χ1) is 12.5. The van der Waals surface area contributed by atoms with E-state index in [-0.39, 0.29) is 5.91 Å². The molecular weight excluding hydrogens is 328 g/mol. The first kappa shape index (κ1) is 17.7. The number of aryl methyl sites for hydroxylation is 1.